The molecule has 0 radical (unpaired) electrons. The van der Waals surface area contributed by atoms with E-state index in [2.05, 4.69) is 10.6 Å². The molecular formula is C22H23ClN3O3+. The third-order valence-electron chi connectivity index (χ3n) is 6.74. The Balaban J connectivity index is 1.57. The SMILES string of the molecule is COc1ccc(Cl)cc1NC(=O)[C@H]1C[C@@H]2CCC[NH+]2[C@]12C(=O)Nc1ccccc12. The first kappa shape index (κ1) is 18.5. The molecule has 3 heterocycles. The fraction of sp³-hybridized carbons (Fsp3) is 0.364. The van der Waals surface area contributed by atoms with Gasteiger partial charge in [0.25, 0.3) is 5.91 Å². The van der Waals surface area contributed by atoms with E-state index in [1.807, 2.05) is 24.3 Å². The van der Waals surface area contributed by atoms with Crippen molar-refractivity contribution in [1.29, 1.82) is 0 Å². The highest BCUT2D eigenvalue weighted by molar-refractivity contribution is 6.31. The van der Waals surface area contributed by atoms with Crippen molar-refractivity contribution in [2.45, 2.75) is 30.8 Å². The van der Waals surface area contributed by atoms with Gasteiger partial charge < -0.3 is 20.3 Å². The smallest absolute Gasteiger partial charge is 0.291 e. The van der Waals surface area contributed by atoms with E-state index in [1.165, 1.54) is 4.90 Å². The van der Waals surface area contributed by atoms with Gasteiger partial charge in [0, 0.05) is 29.8 Å². The molecule has 3 aliphatic heterocycles. The second kappa shape index (κ2) is 6.75. The molecule has 1 unspecified atom stereocenters. The molecule has 6 nitrogen and oxygen atoms in total. The van der Waals surface area contributed by atoms with Crippen LogP contribution in [0.1, 0.15) is 24.8 Å². The maximum Gasteiger partial charge on any atom is 0.291 e. The van der Waals surface area contributed by atoms with Gasteiger partial charge in [0.15, 0.2) is 0 Å². The van der Waals surface area contributed by atoms with Crippen molar-refractivity contribution in [2.24, 2.45) is 5.92 Å². The standard InChI is InChI=1S/C22H22ClN3O3/c1-29-19-9-8-13(23)11-18(19)24-20(27)16-12-14-5-4-10-26(14)22(16)15-6-2-3-7-17(15)25-21(22)28/h2-3,6-9,11,14,16H,4-5,10,12H2,1H3,(H,24,27)(H,25,28)/p+1/t14-,16+,22-/m0/s1. The molecule has 2 aromatic carbocycles. The van der Waals surface area contributed by atoms with E-state index in [0.29, 0.717) is 28.9 Å². The summed E-state index contributed by atoms with van der Waals surface area (Å²) in [5.41, 5.74) is 1.39. The minimum atomic E-state index is -0.881. The van der Waals surface area contributed by atoms with Gasteiger partial charge in [-0.2, -0.15) is 0 Å². The first-order valence-electron chi connectivity index (χ1n) is 9.97. The Morgan fingerprint density at radius 3 is 2.97 bits per heavy atom. The Bertz CT molecular complexity index is 1010. The van der Waals surface area contributed by atoms with Crippen LogP contribution in [0.4, 0.5) is 11.4 Å². The fourth-order valence-electron chi connectivity index (χ4n) is 5.63. The second-order valence-corrected chi connectivity index (χ2v) is 8.48. The summed E-state index contributed by atoms with van der Waals surface area (Å²) in [6, 6.07) is 13.2. The van der Waals surface area contributed by atoms with E-state index in [4.69, 9.17) is 16.3 Å². The van der Waals surface area contributed by atoms with Crippen molar-refractivity contribution in [3.8, 4) is 5.75 Å². The number of para-hydroxylation sites is 1. The third-order valence-corrected chi connectivity index (χ3v) is 6.97. The summed E-state index contributed by atoms with van der Waals surface area (Å²) >= 11 is 6.13. The number of hydrogen-bond acceptors (Lipinski definition) is 3. The molecule has 2 amide bonds. The van der Waals surface area contributed by atoms with Crippen LogP contribution in [0.25, 0.3) is 0 Å². The average Bonchev–Trinajstić information content (AvgIpc) is 3.36. The number of quaternary nitrogens is 1. The van der Waals surface area contributed by atoms with Crippen LogP contribution < -0.4 is 20.3 Å². The van der Waals surface area contributed by atoms with Gasteiger partial charge in [-0.15, -0.1) is 0 Å². The predicted molar refractivity (Wildman–Crippen MR) is 110 cm³/mol. The van der Waals surface area contributed by atoms with Gasteiger partial charge in [0.2, 0.25) is 11.4 Å². The Labute approximate surface area is 174 Å². The molecule has 3 aliphatic rings. The van der Waals surface area contributed by atoms with E-state index >= 15 is 0 Å². The molecule has 0 bridgehead atoms. The summed E-state index contributed by atoms with van der Waals surface area (Å²) in [5, 5.41) is 6.54. The quantitative estimate of drug-likeness (QED) is 0.723. The number of ether oxygens (including phenoxy) is 1. The lowest BCUT2D eigenvalue weighted by molar-refractivity contribution is -0.947. The van der Waals surface area contributed by atoms with Crippen LogP contribution in [-0.2, 0) is 15.1 Å². The molecule has 150 valence electrons. The van der Waals surface area contributed by atoms with Crippen LogP contribution in [-0.4, -0.2) is 31.5 Å². The Morgan fingerprint density at radius 1 is 1.31 bits per heavy atom. The highest BCUT2D eigenvalue weighted by Crippen LogP contribution is 2.46. The Hall–Kier alpha value is -2.57. The van der Waals surface area contributed by atoms with E-state index < -0.39 is 11.5 Å². The normalized spacial score (nSPS) is 29.4. The van der Waals surface area contributed by atoms with Crippen LogP contribution in [0.2, 0.25) is 5.02 Å². The number of fused-ring (bicyclic) bond motifs is 4. The van der Waals surface area contributed by atoms with Crippen LogP contribution >= 0.6 is 11.6 Å². The summed E-state index contributed by atoms with van der Waals surface area (Å²) in [6.07, 6.45) is 2.80. The number of nitrogens with one attached hydrogen (secondary N) is 3. The summed E-state index contributed by atoms with van der Waals surface area (Å²) in [6.45, 7) is 0.899. The van der Waals surface area contributed by atoms with Crippen molar-refractivity contribution in [2.75, 3.05) is 24.3 Å². The van der Waals surface area contributed by atoms with Gasteiger partial charge in [-0.05, 0) is 24.3 Å². The fourth-order valence-corrected chi connectivity index (χ4v) is 5.80. The van der Waals surface area contributed by atoms with Crippen molar-refractivity contribution in [1.82, 2.24) is 0 Å². The number of carbonyl (C=O) groups is 2. The summed E-state index contributed by atoms with van der Waals surface area (Å²) < 4.78 is 5.37. The minimum absolute atomic E-state index is 0.0729. The summed E-state index contributed by atoms with van der Waals surface area (Å²) in [5.74, 6) is -0.162. The molecule has 0 aliphatic carbocycles. The molecule has 4 atom stereocenters. The number of methoxy groups -OCH3 is 1. The van der Waals surface area contributed by atoms with Gasteiger partial charge in [0.1, 0.15) is 11.7 Å². The molecule has 29 heavy (non-hydrogen) atoms. The Morgan fingerprint density at radius 2 is 2.14 bits per heavy atom. The topological polar surface area (TPSA) is 71.9 Å². The third kappa shape index (κ3) is 2.59. The van der Waals surface area contributed by atoms with E-state index in [1.54, 1.807) is 25.3 Å². The molecule has 7 heteroatoms. The summed E-state index contributed by atoms with van der Waals surface area (Å²) in [7, 11) is 1.55. The minimum Gasteiger partial charge on any atom is -0.495 e. The first-order valence-corrected chi connectivity index (χ1v) is 10.3. The number of hydrogen-bond donors (Lipinski definition) is 3. The number of carbonyl (C=O) groups excluding carboxylic acids is 2. The van der Waals surface area contributed by atoms with Crippen molar-refractivity contribution in [3.05, 3.63) is 53.1 Å². The van der Waals surface area contributed by atoms with Crippen LogP contribution in [0, 0.1) is 5.92 Å². The number of anilines is 2. The number of amides is 2. The van der Waals surface area contributed by atoms with Crippen molar-refractivity contribution < 1.29 is 19.2 Å². The zero-order valence-corrected chi connectivity index (χ0v) is 16.9. The molecular weight excluding hydrogens is 390 g/mol. The number of benzene rings is 2. The molecule has 1 spiro atoms. The van der Waals surface area contributed by atoms with Crippen LogP contribution in [0.3, 0.4) is 0 Å². The van der Waals surface area contributed by atoms with Gasteiger partial charge in [0.05, 0.1) is 31.1 Å². The maximum atomic E-state index is 13.5. The lowest BCUT2D eigenvalue weighted by atomic mass is 9.78. The second-order valence-electron chi connectivity index (χ2n) is 8.04. The van der Waals surface area contributed by atoms with Crippen molar-refractivity contribution >= 4 is 34.8 Å². The highest BCUT2D eigenvalue weighted by atomic mass is 35.5. The predicted octanol–water partition coefficient (Wildman–Crippen LogP) is 2.20. The lowest BCUT2D eigenvalue weighted by Crippen LogP contribution is -3.19. The van der Waals surface area contributed by atoms with E-state index in [9.17, 15) is 9.59 Å². The molecule has 0 saturated carbocycles. The average molecular weight is 413 g/mol. The number of halogens is 1. The molecule has 2 aromatic rings. The Kier molecular flexibility index (Phi) is 4.29. The van der Waals surface area contributed by atoms with Gasteiger partial charge >= 0.3 is 0 Å². The molecule has 2 saturated heterocycles. The van der Waals surface area contributed by atoms with E-state index in [-0.39, 0.29) is 11.8 Å². The molecule has 0 aromatic heterocycles. The monoisotopic (exact) mass is 412 g/mol. The molecule has 3 N–H and O–H groups in total. The van der Waals surface area contributed by atoms with Gasteiger partial charge in [-0.25, -0.2) is 0 Å². The van der Waals surface area contributed by atoms with Crippen molar-refractivity contribution in [3.63, 3.8) is 0 Å². The molecule has 2 fully saturated rings. The molecule has 5 rings (SSSR count). The van der Waals surface area contributed by atoms with Crippen LogP contribution in [0.15, 0.2) is 42.5 Å². The highest BCUT2D eigenvalue weighted by Gasteiger charge is 2.69. The zero-order valence-electron chi connectivity index (χ0n) is 16.1. The van der Waals surface area contributed by atoms with Gasteiger partial charge in [-0.3, -0.25) is 9.59 Å². The van der Waals surface area contributed by atoms with Crippen LogP contribution in [0.5, 0.6) is 5.75 Å². The zero-order chi connectivity index (χ0) is 20.2. The van der Waals surface area contributed by atoms with E-state index in [0.717, 1.165) is 30.6 Å². The largest absolute Gasteiger partial charge is 0.495 e. The summed E-state index contributed by atoms with van der Waals surface area (Å²) in [4.78, 5) is 28.1. The number of rotatable bonds is 3. The van der Waals surface area contributed by atoms with Gasteiger partial charge in [-0.1, -0.05) is 29.8 Å². The maximum absolute atomic E-state index is 13.5. The lowest BCUT2D eigenvalue weighted by Gasteiger charge is -2.33. The first-order chi connectivity index (χ1) is 14.1.